The molecule has 0 spiro atoms. The number of nitrogens with one attached hydrogen (secondary N) is 2. The van der Waals surface area contributed by atoms with Crippen LogP contribution in [0.1, 0.15) is 58.4 Å². The lowest BCUT2D eigenvalue weighted by molar-refractivity contribution is 0.177. The lowest BCUT2D eigenvalue weighted by Gasteiger charge is -2.17. The molecular weight excluding hydrogens is 264 g/mol. The highest BCUT2D eigenvalue weighted by Gasteiger charge is 2.08. The van der Waals surface area contributed by atoms with Gasteiger partial charge in [-0.05, 0) is 37.0 Å². The van der Waals surface area contributed by atoms with Gasteiger partial charge in [0, 0.05) is 6.54 Å². The van der Waals surface area contributed by atoms with E-state index in [1.807, 2.05) is 19.1 Å². The van der Waals surface area contributed by atoms with Gasteiger partial charge in [0.25, 0.3) is 0 Å². The van der Waals surface area contributed by atoms with Crippen LogP contribution in [0.3, 0.4) is 0 Å². The lowest BCUT2D eigenvalue weighted by Crippen LogP contribution is -2.43. The first-order valence-corrected chi connectivity index (χ1v) is 7.84. The minimum absolute atomic E-state index is 0.183. The zero-order valence-electron chi connectivity index (χ0n) is 13.6. The number of unbranched alkanes of at least 4 members (excludes halogenated alkanes) is 2. The first-order chi connectivity index (χ1) is 10.0. The van der Waals surface area contributed by atoms with E-state index < -0.39 is 0 Å². The quantitative estimate of drug-likeness (QED) is 0.561. The molecule has 0 aliphatic heterocycles. The van der Waals surface area contributed by atoms with Crippen molar-refractivity contribution in [3.63, 3.8) is 0 Å². The number of carbonyl (C=O) groups excluding carboxylic acids is 1. The third kappa shape index (κ3) is 7.02. The van der Waals surface area contributed by atoms with Gasteiger partial charge in [0.2, 0.25) is 0 Å². The van der Waals surface area contributed by atoms with Crippen LogP contribution in [0, 0.1) is 0 Å². The van der Waals surface area contributed by atoms with E-state index in [0.717, 1.165) is 25.0 Å². The number of carbonyl (C=O) groups is 1. The van der Waals surface area contributed by atoms with Gasteiger partial charge in [-0.15, -0.1) is 0 Å². The molecule has 118 valence electrons. The van der Waals surface area contributed by atoms with Crippen molar-refractivity contribution in [2.24, 2.45) is 0 Å². The van der Waals surface area contributed by atoms with Gasteiger partial charge in [0.05, 0.1) is 0 Å². The fraction of sp³-hybridized carbons (Fsp3) is 0.588. The normalized spacial score (nSPS) is 12.0. The summed E-state index contributed by atoms with van der Waals surface area (Å²) in [5, 5.41) is 5.60. The van der Waals surface area contributed by atoms with E-state index in [0.29, 0.717) is 12.5 Å². The Morgan fingerprint density at radius 2 is 1.81 bits per heavy atom. The van der Waals surface area contributed by atoms with E-state index in [4.69, 9.17) is 4.74 Å². The molecule has 1 unspecified atom stereocenters. The van der Waals surface area contributed by atoms with E-state index in [-0.39, 0.29) is 12.3 Å². The van der Waals surface area contributed by atoms with Crippen molar-refractivity contribution in [1.29, 1.82) is 0 Å². The second kappa shape index (κ2) is 9.27. The zero-order chi connectivity index (χ0) is 15.7. The molecule has 0 saturated carbocycles. The van der Waals surface area contributed by atoms with Crippen molar-refractivity contribution >= 4 is 6.03 Å². The van der Waals surface area contributed by atoms with Crippen molar-refractivity contribution in [1.82, 2.24) is 10.6 Å². The number of amides is 2. The van der Waals surface area contributed by atoms with Crippen LogP contribution in [0.15, 0.2) is 24.3 Å². The Bertz CT molecular complexity index is 415. The summed E-state index contributed by atoms with van der Waals surface area (Å²) in [6.45, 7) is 8.98. The molecule has 0 heterocycles. The molecule has 1 aromatic carbocycles. The van der Waals surface area contributed by atoms with Crippen LogP contribution in [0.25, 0.3) is 0 Å². The van der Waals surface area contributed by atoms with Gasteiger partial charge >= 0.3 is 6.03 Å². The molecule has 0 aromatic heterocycles. The van der Waals surface area contributed by atoms with Crippen LogP contribution in [0.5, 0.6) is 5.75 Å². The third-order valence-electron chi connectivity index (χ3n) is 3.26. The number of ether oxygens (including phenoxy) is 1. The Hall–Kier alpha value is -1.71. The number of benzene rings is 1. The van der Waals surface area contributed by atoms with Crippen LogP contribution < -0.4 is 15.4 Å². The first-order valence-electron chi connectivity index (χ1n) is 7.84. The number of urea groups is 1. The van der Waals surface area contributed by atoms with E-state index in [1.54, 1.807) is 0 Å². The van der Waals surface area contributed by atoms with Crippen molar-refractivity contribution in [2.75, 3.05) is 6.54 Å². The Morgan fingerprint density at radius 1 is 1.14 bits per heavy atom. The maximum absolute atomic E-state index is 11.6. The monoisotopic (exact) mass is 292 g/mol. The molecule has 0 fully saturated rings. The SMILES string of the molecule is CCCCCNC(=O)NC(C)Oc1ccc(C(C)C)cc1. The zero-order valence-corrected chi connectivity index (χ0v) is 13.6. The highest BCUT2D eigenvalue weighted by molar-refractivity contribution is 5.73. The molecule has 0 aliphatic rings. The minimum Gasteiger partial charge on any atom is -0.471 e. The summed E-state index contributed by atoms with van der Waals surface area (Å²) < 4.78 is 5.68. The highest BCUT2D eigenvalue weighted by atomic mass is 16.5. The summed E-state index contributed by atoms with van der Waals surface area (Å²) in [4.78, 5) is 11.6. The topological polar surface area (TPSA) is 50.4 Å². The van der Waals surface area contributed by atoms with Gasteiger partial charge in [0.15, 0.2) is 6.23 Å². The average molecular weight is 292 g/mol. The number of rotatable bonds is 8. The Morgan fingerprint density at radius 3 is 2.38 bits per heavy atom. The minimum atomic E-state index is -0.360. The van der Waals surface area contributed by atoms with Crippen molar-refractivity contribution in [3.05, 3.63) is 29.8 Å². The van der Waals surface area contributed by atoms with Crippen LogP contribution in [0.4, 0.5) is 4.79 Å². The van der Waals surface area contributed by atoms with Crippen LogP contribution >= 0.6 is 0 Å². The van der Waals surface area contributed by atoms with Gasteiger partial charge in [-0.3, -0.25) is 0 Å². The van der Waals surface area contributed by atoms with Gasteiger partial charge in [-0.1, -0.05) is 45.7 Å². The lowest BCUT2D eigenvalue weighted by atomic mass is 10.0. The fourth-order valence-electron chi connectivity index (χ4n) is 1.98. The molecule has 2 N–H and O–H groups in total. The summed E-state index contributed by atoms with van der Waals surface area (Å²) in [6.07, 6.45) is 2.93. The molecule has 0 aliphatic carbocycles. The van der Waals surface area contributed by atoms with Crippen molar-refractivity contribution < 1.29 is 9.53 Å². The molecule has 21 heavy (non-hydrogen) atoms. The summed E-state index contributed by atoms with van der Waals surface area (Å²) in [5.41, 5.74) is 1.27. The molecule has 0 saturated heterocycles. The smallest absolute Gasteiger partial charge is 0.317 e. The molecule has 2 amide bonds. The summed E-state index contributed by atoms with van der Waals surface area (Å²) >= 11 is 0. The Labute approximate surface area is 128 Å². The van der Waals surface area contributed by atoms with E-state index in [9.17, 15) is 4.79 Å². The number of hydrogen-bond acceptors (Lipinski definition) is 2. The molecule has 1 aromatic rings. The van der Waals surface area contributed by atoms with Crippen molar-refractivity contribution in [3.8, 4) is 5.75 Å². The Balaban J connectivity index is 2.32. The highest BCUT2D eigenvalue weighted by Crippen LogP contribution is 2.19. The second-order valence-corrected chi connectivity index (χ2v) is 5.59. The first kappa shape index (κ1) is 17.3. The molecule has 4 heteroatoms. The van der Waals surface area contributed by atoms with Gasteiger partial charge < -0.3 is 15.4 Å². The van der Waals surface area contributed by atoms with Crippen molar-refractivity contribution in [2.45, 2.75) is 59.1 Å². The molecule has 1 rings (SSSR count). The van der Waals surface area contributed by atoms with Crippen LogP contribution in [0.2, 0.25) is 0 Å². The fourth-order valence-corrected chi connectivity index (χ4v) is 1.98. The van der Waals surface area contributed by atoms with Gasteiger partial charge in [-0.2, -0.15) is 0 Å². The van der Waals surface area contributed by atoms with Gasteiger partial charge in [0.1, 0.15) is 5.75 Å². The maximum atomic E-state index is 11.6. The molecule has 0 radical (unpaired) electrons. The Kier molecular flexibility index (Phi) is 7.65. The average Bonchev–Trinajstić information content (AvgIpc) is 2.44. The van der Waals surface area contributed by atoms with Crippen LogP contribution in [-0.4, -0.2) is 18.8 Å². The van der Waals surface area contributed by atoms with E-state index in [2.05, 4.69) is 43.5 Å². The van der Waals surface area contributed by atoms with Gasteiger partial charge in [-0.25, -0.2) is 4.79 Å². The second-order valence-electron chi connectivity index (χ2n) is 5.59. The molecule has 4 nitrogen and oxygen atoms in total. The van der Waals surface area contributed by atoms with E-state index in [1.165, 1.54) is 5.56 Å². The largest absolute Gasteiger partial charge is 0.471 e. The predicted molar refractivity (Wildman–Crippen MR) is 86.7 cm³/mol. The van der Waals surface area contributed by atoms with Crippen LogP contribution in [-0.2, 0) is 0 Å². The summed E-state index contributed by atoms with van der Waals surface area (Å²) in [6, 6.07) is 7.80. The predicted octanol–water partition coefficient (Wildman–Crippen LogP) is 4.02. The third-order valence-corrected chi connectivity index (χ3v) is 3.26. The summed E-state index contributed by atoms with van der Waals surface area (Å²) in [7, 11) is 0. The maximum Gasteiger partial charge on any atom is 0.317 e. The molecule has 1 atom stereocenters. The standard InChI is InChI=1S/C17H28N2O2/c1-5-6-7-12-18-17(20)19-14(4)21-16-10-8-15(9-11-16)13(2)3/h8-11,13-14H,5-7,12H2,1-4H3,(H2,18,19,20). The molecular formula is C17H28N2O2. The number of hydrogen-bond donors (Lipinski definition) is 2. The van der Waals surface area contributed by atoms with E-state index >= 15 is 0 Å². The summed E-state index contributed by atoms with van der Waals surface area (Å²) in [5.74, 6) is 1.27. The molecule has 0 bridgehead atoms.